The summed E-state index contributed by atoms with van der Waals surface area (Å²) in [6.07, 6.45) is -2.98. The Morgan fingerprint density at radius 1 is 0.926 bits per heavy atom. The second-order valence-corrected chi connectivity index (χ2v) is 6.61. The van der Waals surface area contributed by atoms with Gasteiger partial charge in [0.2, 0.25) is 0 Å². The summed E-state index contributed by atoms with van der Waals surface area (Å²) >= 11 is 6.16. The first kappa shape index (κ1) is 17.6. The number of rotatable bonds is 3. The maximum absolute atomic E-state index is 13.3. The Hall–Kier alpha value is -2.79. The van der Waals surface area contributed by atoms with E-state index in [9.17, 15) is 13.2 Å². The van der Waals surface area contributed by atoms with E-state index >= 15 is 0 Å². The molecular formula is C21H14ClF3N2. The van der Waals surface area contributed by atoms with Crippen molar-refractivity contribution < 1.29 is 13.2 Å². The van der Waals surface area contributed by atoms with Crippen LogP contribution in [0.4, 0.5) is 13.2 Å². The molecule has 0 amide bonds. The van der Waals surface area contributed by atoms with Gasteiger partial charge in [-0.25, -0.2) is 4.98 Å². The van der Waals surface area contributed by atoms with E-state index < -0.39 is 11.7 Å². The standard InChI is InChI=1S/C21H14ClF3N2/c22-17-12-16(21(23,24)25)13-27-18(11-14-7-3-1-4-8-14)19(26-20(17)27)15-9-5-2-6-10-15/h1-10,12-13H,11H2. The number of nitrogens with zero attached hydrogens (tertiary/aromatic N) is 2. The minimum atomic E-state index is -4.49. The fourth-order valence-corrected chi connectivity index (χ4v) is 3.34. The molecule has 27 heavy (non-hydrogen) atoms. The molecule has 0 atom stereocenters. The highest BCUT2D eigenvalue weighted by Gasteiger charge is 2.32. The minimum Gasteiger partial charge on any atom is -0.301 e. The van der Waals surface area contributed by atoms with E-state index in [1.807, 2.05) is 60.7 Å². The topological polar surface area (TPSA) is 17.3 Å². The van der Waals surface area contributed by atoms with Crippen LogP contribution in [0.15, 0.2) is 72.9 Å². The van der Waals surface area contributed by atoms with Crippen LogP contribution in [0.5, 0.6) is 0 Å². The van der Waals surface area contributed by atoms with E-state index in [0.29, 0.717) is 23.5 Å². The monoisotopic (exact) mass is 386 g/mol. The van der Waals surface area contributed by atoms with Gasteiger partial charge in [-0.2, -0.15) is 13.2 Å². The molecule has 4 aromatic rings. The van der Waals surface area contributed by atoms with Gasteiger partial charge in [0, 0.05) is 18.2 Å². The molecule has 6 heteroatoms. The summed E-state index contributed by atoms with van der Waals surface area (Å²) in [7, 11) is 0. The molecule has 2 heterocycles. The summed E-state index contributed by atoms with van der Waals surface area (Å²) in [5, 5.41) is -0.0266. The fraction of sp³-hybridized carbons (Fsp3) is 0.0952. The Bertz CT molecular complexity index is 1090. The molecule has 0 saturated carbocycles. The van der Waals surface area contributed by atoms with Gasteiger partial charge in [0.05, 0.1) is 22.0 Å². The summed E-state index contributed by atoms with van der Waals surface area (Å²) < 4.78 is 41.3. The second kappa shape index (κ2) is 6.74. The van der Waals surface area contributed by atoms with Gasteiger partial charge in [0.25, 0.3) is 0 Å². The van der Waals surface area contributed by atoms with Gasteiger partial charge < -0.3 is 4.40 Å². The Morgan fingerprint density at radius 3 is 2.19 bits per heavy atom. The highest BCUT2D eigenvalue weighted by Crippen LogP contribution is 2.35. The normalized spacial score (nSPS) is 11.9. The molecule has 0 saturated heterocycles. The Kier molecular flexibility index (Phi) is 4.40. The van der Waals surface area contributed by atoms with Crippen LogP contribution < -0.4 is 0 Å². The van der Waals surface area contributed by atoms with Crippen molar-refractivity contribution >= 4 is 17.2 Å². The molecule has 0 aliphatic heterocycles. The molecule has 2 aromatic heterocycles. The van der Waals surface area contributed by atoms with Crippen LogP contribution in [-0.2, 0) is 12.6 Å². The Labute approximate surface area is 158 Å². The zero-order valence-corrected chi connectivity index (χ0v) is 14.8. The summed E-state index contributed by atoms with van der Waals surface area (Å²) in [5.41, 5.74) is 2.61. The molecular weight excluding hydrogens is 373 g/mol. The number of hydrogen-bond acceptors (Lipinski definition) is 1. The van der Waals surface area contributed by atoms with Crippen molar-refractivity contribution in [3.05, 3.63) is 94.8 Å². The average Bonchev–Trinajstić information content (AvgIpc) is 3.02. The SMILES string of the molecule is FC(F)(F)c1cc(Cl)c2nc(-c3ccccc3)c(Cc3ccccc3)n2c1. The number of alkyl halides is 3. The van der Waals surface area contributed by atoms with Crippen molar-refractivity contribution in [3.63, 3.8) is 0 Å². The molecule has 0 N–H and O–H groups in total. The Balaban J connectivity index is 1.98. The third-order valence-corrected chi connectivity index (χ3v) is 4.64. The molecule has 0 radical (unpaired) electrons. The molecule has 0 aliphatic rings. The largest absolute Gasteiger partial charge is 0.417 e. The van der Waals surface area contributed by atoms with Crippen LogP contribution in [0.1, 0.15) is 16.8 Å². The highest BCUT2D eigenvalue weighted by molar-refractivity contribution is 6.33. The summed E-state index contributed by atoms with van der Waals surface area (Å²) in [5.74, 6) is 0. The molecule has 4 rings (SSSR count). The predicted octanol–water partition coefficient (Wildman–Crippen LogP) is 6.26. The molecule has 136 valence electrons. The van der Waals surface area contributed by atoms with Crippen molar-refractivity contribution in [2.24, 2.45) is 0 Å². The van der Waals surface area contributed by atoms with Gasteiger partial charge >= 0.3 is 6.18 Å². The van der Waals surface area contributed by atoms with E-state index in [1.165, 1.54) is 4.40 Å². The third-order valence-electron chi connectivity index (χ3n) is 4.36. The maximum atomic E-state index is 13.3. The number of halogens is 4. The molecule has 0 unspecified atom stereocenters. The predicted molar refractivity (Wildman–Crippen MR) is 99.9 cm³/mol. The molecule has 0 spiro atoms. The highest BCUT2D eigenvalue weighted by atomic mass is 35.5. The molecule has 0 bridgehead atoms. The van der Waals surface area contributed by atoms with E-state index in [4.69, 9.17) is 11.6 Å². The van der Waals surface area contributed by atoms with Crippen molar-refractivity contribution in [1.82, 2.24) is 9.38 Å². The van der Waals surface area contributed by atoms with Crippen LogP contribution in [-0.4, -0.2) is 9.38 Å². The van der Waals surface area contributed by atoms with Gasteiger partial charge in [-0.3, -0.25) is 0 Å². The first-order valence-corrected chi connectivity index (χ1v) is 8.68. The number of aromatic nitrogens is 2. The number of pyridine rings is 1. The number of fused-ring (bicyclic) bond motifs is 1. The molecule has 0 aliphatic carbocycles. The lowest BCUT2D eigenvalue weighted by Crippen LogP contribution is -2.08. The lowest BCUT2D eigenvalue weighted by atomic mass is 10.0. The second-order valence-electron chi connectivity index (χ2n) is 6.20. The van der Waals surface area contributed by atoms with Gasteiger partial charge in [-0.1, -0.05) is 72.3 Å². The van der Waals surface area contributed by atoms with Gasteiger partial charge in [-0.15, -0.1) is 0 Å². The fourth-order valence-electron chi connectivity index (χ4n) is 3.09. The summed E-state index contributed by atoms with van der Waals surface area (Å²) in [6.45, 7) is 0. The third kappa shape index (κ3) is 3.43. The van der Waals surface area contributed by atoms with Crippen LogP contribution in [0, 0.1) is 0 Å². The quantitative estimate of drug-likeness (QED) is 0.406. The molecule has 2 aromatic carbocycles. The van der Waals surface area contributed by atoms with Crippen molar-refractivity contribution in [2.45, 2.75) is 12.6 Å². The number of hydrogen-bond donors (Lipinski definition) is 0. The van der Waals surface area contributed by atoms with Crippen LogP contribution in [0.2, 0.25) is 5.02 Å². The first-order chi connectivity index (χ1) is 12.9. The molecule has 0 fully saturated rings. The Morgan fingerprint density at radius 2 is 1.56 bits per heavy atom. The lowest BCUT2D eigenvalue weighted by Gasteiger charge is -2.10. The van der Waals surface area contributed by atoms with Crippen LogP contribution in [0.3, 0.4) is 0 Å². The average molecular weight is 387 g/mol. The van der Waals surface area contributed by atoms with E-state index in [0.717, 1.165) is 23.4 Å². The zero-order chi connectivity index (χ0) is 19.0. The summed E-state index contributed by atoms with van der Waals surface area (Å²) in [6, 6.07) is 19.9. The maximum Gasteiger partial charge on any atom is 0.417 e. The minimum absolute atomic E-state index is 0.0266. The van der Waals surface area contributed by atoms with E-state index in [1.54, 1.807) is 0 Å². The number of benzene rings is 2. The summed E-state index contributed by atoms with van der Waals surface area (Å²) in [4.78, 5) is 4.57. The van der Waals surface area contributed by atoms with Crippen molar-refractivity contribution in [2.75, 3.05) is 0 Å². The first-order valence-electron chi connectivity index (χ1n) is 8.30. The van der Waals surface area contributed by atoms with Crippen molar-refractivity contribution in [1.29, 1.82) is 0 Å². The number of imidazole rings is 1. The van der Waals surface area contributed by atoms with Gasteiger partial charge in [-0.05, 0) is 11.6 Å². The lowest BCUT2D eigenvalue weighted by molar-refractivity contribution is -0.137. The van der Waals surface area contributed by atoms with Crippen LogP contribution in [0.25, 0.3) is 16.9 Å². The zero-order valence-electron chi connectivity index (χ0n) is 14.0. The van der Waals surface area contributed by atoms with Crippen LogP contribution >= 0.6 is 11.6 Å². The smallest absolute Gasteiger partial charge is 0.301 e. The van der Waals surface area contributed by atoms with E-state index in [-0.39, 0.29) is 5.02 Å². The molecule has 2 nitrogen and oxygen atoms in total. The van der Waals surface area contributed by atoms with Gasteiger partial charge in [0.1, 0.15) is 0 Å². The van der Waals surface area contributed by atoms with E-state index in [2.05, 4.69) is 4.98 Å². The van der Waals surface area contributed by atoms with Crippen molar-refractivity contribution in [3.8, 4) is 11.3 Å². The van der Waals surface area contributed by atoms with Gasteiger partial charge in [0.15, 0.2) is 5.65 Å².